The molecule has 5 nitrogen and oxygen atoms in total. The lowest BCUT2D eigenvalue weighted by atomic mass is 10.2. The molecule has 122 valence electrons. The van der Waals surface area contributed by atoms with E-state index in [1.807, 2.05) is 0 Å². The van der Waals surface area contributed by atoms with Crippen LogP contribution in [0.25, 0.3) is 0 Å². The van der Waals surface area contributed by atoms with Crippen LogP contribution in [-0.4, -0.2) is 23.8 Å². The van der Waals surface area contributed by atoms with Crippen molar-refractivity contribution in [3.05, 3.63) is 44.1 Å². The molecule has 0 aliphatic heterocycles. The Labute approximate surface area is 149 Å². The van der Waals surface area contributed by atoms with E-state index in [0.717, 1.165) is 0 Å². The Morgan fingerprint density at radius 2 is 2.39 bits per heavy atom. The van der Waals surface area contributed by atoms with Gasteiger partial charge in [-0.05, 0) is 19.1 Å². The lowest BCUT2D eigenvalue weighted by Gasteiger charge is -2.01. The van der Waals surface area contributed by atoms with Crippen LogP contribution in [0.15, 0.2) is 27.1 Å². The van der Waals surface area contributed by atoms with Crippen LogP contribution in [0, 0.1) is 5.82 Å². The van der Waals surface area contributed by atoms with Gasteiger partial charge in [-0.3, -0.25) is 10.2 Å². The van der Waals surface area contributed by atoms with E-state index in [2.05, 4.69) is 31.4 Å². The topological polar surface area (TPSA) is 63.6 Å². The third-order valence-corrected chi connectivity index (χ3v) is 4.36. The highest BCUT2D eigenvalue weighted by molar-refractivity contribution is 9.10. The van der Waals surface area contributed by atoms with Gasteiger partial charge in [0.1, 0.15) is 5.82 Å². The average Bonchev–Trinajstić information content (AvgIpc) is 2.92. The zero-order valence-corrected chi connectivity index (χ0v) is 15.1. The second-order valence-electron chi connectivity index (χ2n) is 4.28. The number of carbonyl (C=O) groups is 1. The van der Waals surface area contributed by atoms with Gasteiger partial charge >= 0.3 is 5.97 Å². The van der Waals surface area contributed by atoms with Crippen molar-refractivity contribution < 1.29 is 13.9 Å². The molecule has 0 saturated carbocycles. The molecule has 1 heterocycles. The molecule has 0 amide bonds. The fourth-order valence-corrected chi connectivity index (χ4v) is 2.84. The van der Waals surface area contributed by atoms with Crippen molar-refractivity contribution in [3.63, 3.8) is 0 Å². The number of rotatable bonds is 6. The molecule has 0 unspecified atom stereocenters. The number of ether oxygens (including phenoxy) is 1. The number of benzene rings is 1. The summed E-state index contributed by atoms with van der Waals surface area (Å²) in [6.45, 7) is 2.09. The maximum Gasteiger partial charge on any atom is 0.311 e. The zero-order chi connectivity index (χ0) is 16.8. The van der Waals surface area contributed by atoms with Crippen LogP contribution in [0.2, 0.25) is 5.02 Å². The van der Waals surface area contributed by atoms with Gasteiger partial charge in [-0.15, -0.1) is 11.3 Å². The maximum absolute atomic E-state index is 13.2. The summed E-state index contributed by atoms with van der Waals surface area (Å²) in [5.41, 5.74) is 3.97. The molecule has 2 rings (SSSR count). The zero-order valence-electron chi connectivity index (χ0n) is 12.0. The van der Waals surface area contributed by atoms with Crippen molar-refractivity contribution in [1.82, 2.24) is 4.98 Å². The van der Waals surface area contributed by atoms with Crippen molar-refractivity contribution >= 4 is 56.2 Å². The summed E-state index contributed by atoms with van der Waals surface area (Å²) in [4.78, 5) is 15.6. The van der Waals surface area contributed by atoms with Crippen LogP contribution in [0.1, 0.15) is 18.2 Å². The van der Waals surface area contributed by atoms with Gasteiger partial charge in [-0.2, -0.15) is 5.10 Å². The summed E-state index contributed by atoms with van der Waals surface area (Å²) in [5, 5.41) is 6.31. The molecule has 23 heavy (non-hydrogen) atoms. The molecular weight excluding hydrogens is 409 g/mol. The van der Waals surface area contributed by atoms with E-state index < -0.39 is 5.82 Å². The first-order valence-corrected chi connectivity index (χ1v) is 8.58. The quantitative estimate of drug-likeness (QED) is 0.328. The summed E-state index contributed by atoms with van der Waals surface area (Å²) in [5.74, 6) is -0.829. The number of halogens is 3. The monoisotopic (exact) mass is 419 g/mol. The molecule has 0 fully saturated rings. The number of anilines is 1. The Balaban J connectivity index is 1.97. The number of carbonyl (C=O) groups excluding carboxylic acids is 1. The van der Waals surface area contributed by atoms with E-state index in [-0.39, 0.29) is 17.4 Å². The van der Waals surface area contributed by atoms with Crippen molar-refractivity contribution in [2.75, 3.05) is 12.0 Å². The molecule has 2 aromatic rings. The molecule has 0 spiro atoms. The van der Waals surface area contributed by atoms with Crippen LogP contribution in [0.3, 0.4) is 0 Å². The molecule has 0 saturated heterocycles. The third kappa shape index (κ3) is 5.26. The normalized spacial score (nSPS) is 11.0. The predicted octanol–water partition coefficient (Wildman–Crippen LogP) is 4.25. The van der Waals surface area contributed by atoms with E-state index in [4.69, 9.17) is 16.3 Å². The van der Waals surface area contributed by atoms with Crippen LogP contribution in [-0.2, 0) is 16.0 Å². The Morgan fingerprint density at radius 1 is 1.61 bits per heavy atom. The molecule has 0 aliphatic rings. The summed E-state index contributed by atoms with van der Waals surface area (Å²) >= 11 is 10.3. The molecule has 9 heteroatoms. The first kappa shape index (κ1) is 17.8. The molecule has 0 bridgehead atoms. The van der Waals surface area contributed by atoms with Gasteiger partial charge < -0.3 is 4.74 Å². The highest BCUT2D eigenvalue weighted by atomic mass is 79.9. The summed E-state index contributed by atoms with van der Waals surface area (Å²) in [7, 11) is 0. The predicted molar refractivity (Wildman–Crippen MR) is 92.8 cm³/mol. The first-order chi connectivity index (χ1) is 11.0. The van der Waals surface area contributed by atoms with Crippen LogP contribution in [0.5, 0.6) is 0 Å². The Kier molecular flexibility index (Phi) is 6.49. The molecule has 1 N–H and O–H groups in total. The molecule has 0 radical (unpaired) electrons. The van der Waals surface area contributed by atoms with E-state index in [1.165, 1.54) is 29.7 Å². The van der Waals surface area contributed by atoms with Crippen LogP contribution >= 0.6 is 38.9 Å². The van der Waals surface area contributed by atoms with E-state index in [0.29, 0.717) is 27.5 Å². The molecule has 1 aromatic carbocycles. The fourth-order valence-electron chi connectivity index (χ4n) is 1.59. The fraction of sp³-hybridized carbons (Fsp3) is 0.214. The summed E-state index contributed by atoms with van der Waals surface area (Å²) in [6.07, 6.45) is 1.61. The Bertz CT molecular complexity index is 739. The number of hydrogen-bond acceptors (Lipinski definition) is 6. The number of nitrogens with one attached hydrogen (secondary N) is 1. The highest BCUT2D eigenvalue weighted by Gasteiger charge is 2.08. The molecule has 0 aliphatic carbocycles. The molecule has 1 aromatic heterocycles. The number of esters is 1. The SMILES string of the molecule is CCOC(=O)Cc1csc(NN=Cc2cc(Cl)c(F)cc2Br)n1. The van der Waals surface area contributed by atoms with E-state index in [1.54, 1.807) is 12.3 Å². The van der Waals surface area contributed by atoms with Crippen molar-refractivity contribution in [1.29, 1.82) is 0 Å². The number of nitrogens with zero attached hydrogens (tertiary/aromatic N) is 2. The summed E-state index contributed by atoms with van der Waals surface area (Å²) in [6, 6.07) is 2.73. The summed E-state index contributed by atoms with van der Waals surface area (Å²) < 4.78 is 18.6. The number of thiazole rings is 1. The second-order valence-corrected chi connectivity index (χ2v) is 6.40. The number of hydrazone groups is 1. The van der Waals surface area contributed by atoms with Gasteiger partial charge in [-0.1, -0.05) is 27.5 Å². The van der Waals surface area contributed by atoms with Crippen LogP contribution in [0.4, 0.5) is 9.52 Å². The van der Waals surface area contributed by atoms with E-state index >= 15 is 0 Å². The van der Waals surface area contributed by atoms with Crippen molar-refractivity contribution in [2.45, 2.75) is 13.3 Å². The van der Waals surface area contributed by atoms with Gasteiger partial charge in [0, 0.05) is 15.4 Å². The maximum atomic E-state index is 13.2. The smallest absolute Gasteiger partial charge is 0.311 e. The minimum Gasteiger partial charge on any atom is -0.466 e. The first-order valence-electron chi connectivity index (χ1n) is 6.53. The minimum atomic E-state index is -0.507. The Morgan fingerprint density at radius 3 is 3.13 bits per heavy atom. The van der Waals surface area contributed by atoms with Crippen LogP contribution < -0.4 is 5.43 Å². The van der Waals surface area contributed by atoms with Gasteiger partial charge in [0.05, 0.1) is 30.0 Å². The standard InChI is InChI=1S/C14H12BrClFN3O2S/c1-2-22-13(21)4-9-7-23-14(19-9)20-18-6-8-3-11(16)12(17)5-10(8)15/h3,5-7H,2,4H2,1H3,(H,19,20). The lowest BCUT2D eigenvalue weighted by molar-refractivity contribution is -0.142. The average molecular weight is 421 g/mol. The van der Waals surface area contributed by atoms with Gasteiger partial charge in [0.25, 0.3) is 0 Å². The van der Waals surface area contributed by atoms with Crippen molar-refractivity contribution in [3.8, 4) is 0 Å². The molecular formula is C14H12BrClFN3O2S. The largest absolute Gasteiger partial charge is 0.466 e. The van der Waals surface area contributed by atoms with Gasteiger partial charge in [-0.25, -0.2) is 9.37 Å². The highest BCUT2D eigenvalue weighted by Crippen LogP contribution is 2.23. The number of aromatic nitrogens is 1. The van der Waals surface area contributed by atoms with Gasteiger partial charge in [0.15, 0.2) is 0 Å². The Hall–Kier alpha value is -1.51. The number of hydrogen-bond donors (Lipinski definition) is 1. The lowest BCUT2D eigenvalue weighted by Crippen LogP contribution is -2.07. The van der Waals surface area contributed by atoms with Crippen molar-refractivity contribution in [2.24, 2.45) is 5.10 Å². The van der Waals surface area contributed by atoms with E-state index in [9.17, 15) is 9.18 Å². The minimum absolute atomic E-state index is 0.0145. The third-order valence-electron chi connectivity index (χ3n) is 2.59. The second kappa shape index (κ2) is 8.37. The van der Waals surface area contributed by atoms with Gasteiger partial charge in [0.2, 0.25) is 5.13 Å². The molecule has 0 atom stereocenters.